The minimum absolute atomic E-state index is 0.0837. The first-order valence-electron chi connectivity index (χ1n) is 10.9. The van der Waals surface area contributed by atoms with Gasteiger partial charge in [0.2, 0.25) is 5.91 Å². The maximum absolute atomic E-state index is 13.2. The van der Waals surface area contributed by atoms with Crippen molar-refractivity contribution in [3.8, 4) is 0 Å². The molecule has 32 heavy (non-hydrogen) atoms. The predicted octanol–water partition coefficient (Wildman–Crippen LogP) is 3.03. The molecule has 0 saturated heterocycles. The minimum atomic E-state index is -0.855. The van der Waals surface area contributed by atoms with E-state index in [-0.39, 0.29) is 37.7 Å². The lowest BCUT2D eigenvalue weighted by Gasteiger charge is -2.25. The van der Waals surface area contributed by atoms with E-state index in [1.54, 1.807) is 27.7 Å². The van der Waals surface area contributed by atoms with E-state index in [2.05, 4.69) is 10.6 Å². The number of hydrogen-bond acceptors (Lipinski definition) is 6. The molecule has 0 aliphatic carbocycles. The number of esters is 1. The summed E-state index contributed by atoms with van der Waals surface area (Å²) >= 11 is 0. The summed E-state index contributed by atoms with van der Waals surface area (Å²) in [5, 5.41) is 5.19. The molecule has 0 fully saturated rings. The first kappa shape index (κ1) is 27.1. The van der Waals surface area contributed by atoms with Crippen molar-refractivity contribution < 1.29 is 28.7 Å². The molecule has 1 aromatic rings. The van der Waals surface area contributed by atoms with E-state index in [1.807, 2.05) is 44.2 Å². The van der Waals surface area contributed by atoms with E-state index < -0.39 is 35.5 Å². The van der Waals surface area contributed by atoms with Crippen LogP contribution in [0.2, 0.25) is 0 Å². The Morgan fingerprint density at radius 1 is 1.03 bits per heavy atom. The van der Waals surface area contributed by atoms with E-state index >= 15 is 0 Å². The fraction of sp³-hybridized carbons (Fsp3) is 0.583. The van der Waals surface area contributed by atoms with Crippen LogP contribution in [0.15, 0.2) is 30.3 Å². The van der Waals surface area contributed by atoms with Gasteiger partial charge in [0.15, 0.2) is 5.78 Å². The second-order valence-corrected chi connectivity index (χ2v) is 8.93. The Bertz CT molecular complexity index is 770. The number of carbonyl (C=O) groups excluding carboxylic acids is 4. The molecule has 0 aromatic heterocycles. The Hall–Kier alpha value is -2.90. The highest BCUT2D eigenvalue weighted by Gasteiger charge is 2.31. The summed E-state index contributed by atoms with van der Waals surface area (Å²) in [5.74, 6) is -2.04. The van der Waals surface area contributed by atoms with Crippen LogP contribution in [0.1, 0.15) is 53.5 Å². The fourth-order valence-electron chi connectivity index (χ4n) is 3.04. The number of amides is 2. The largest absolute Gasteiger partial charge is 0.465 e. The molecule has 2 amide bonds. The van der Waals surface area contributed by atoms with Crippen molar-refractivity contribution in [2.24, 2.45) is 11.8 Å². The standard InChI is InChI=1S/C24H36N2O6/c1-7-31-21(28)15-25-22(29)18(16(2)3)14-20(27)19(13-17-11-9-8-10-12-17)26-23(30)32-24(4,5)6/h8-12,16,18-19H,7,13-15H2,1-6H3,(H,25,29)(H,26,30)/t18-,19-/m0/s1. The highest BCUT2D eigenvalue weighted by Crippen LogP contribution is 2.19. The van der Waals surface area contributed by atoms with E-state index in [9.17, 15) is 19.2 Å². The molecular formula is C24H36N2O6. The summed E-state index contributed by atoms with van der Waals surface area (Å²) in [4.78, 5) is 49.7. The Kier molecular flexibility index (Phi) is 10.9. The predicted molar refractivity (Wildman–Crippen MR) is 121 cm³/mol. The Morgan fingerprint density at radius 2 is 1.66 bits per heavy atom. The van der Waals surface area contributed by atoms with Crippen molar-refractivity contribution in [3.05, 3.63) is 35.9 Å². The third-order valence-corrected chi connectivity index (χ3v) is 4.64. The van der Waals surface area contributed by atoms with Gasteiger partial charge in [0.25, 0.3) is 0 Å². The van der Waals surface area contributed by atoms with Crippen LogP contribution in [0.5, 0.6) is 0 Å². The molecule has 8 nitrogen and oxygen atoms in total. The van der Waals surface area contributed by atoms with Crippen molar-refractivity contribution >= 4 is 23.8 Å². The first-order valence-corrected chi connectivity index (χ1v) is 10.9. The highest BCUT2D eigenvalue weighted by molar-refractivity contribution is 5.92. The summed E-state index contributed by atoms with van der Waals surface area (Å²) in [6.45, 7) is 10.5. The van der Waals surface area contributed by atoms with Gasteiger partial charge in [-0.3, -0.25) is 14.4 Å². The maximum atomic E-state index is 13.2. The summed E-state index contributed by atoms with van der Waals surface area (Å²) in [7, 11) is 0. The SMILES string of the molecule is CCOC(=O)CNC(=O)[C@@H](CC(=O)[C@H](Cc1ccccc1)NC(=O)OC(C)(C)C)C(C)C. The van der Waals surface area contributed by atoms with Gasteiger partial charge in [-0.2, -0.15) is 0 Å². The van der Waals surface area contributed by atoms with Crippen molar-refractivity contribution in [1.82, 2.24) is 10.6 Å². The molecule has 2 atom stereocenters. The van der Waals surface area contributed by atoms with Gasteiger partial charge in [-0.1, -0.05) is 44.2 Å². The van der Waals surface area contributed by atoms with Gasteiger partial charge in [0, 0.05) is 12.3 Å². The third-order valence-electron chi connectivity index (χ3n) is 4.64. The number of Topliss-reactive ketones (excluding diaryl/α,β-unsaturated/α-hetero) is 1. The van der Waals surface area contributed by atoms with Gasteiger partial charge in [-0.25, -0.2) is 4.79 Å². The molecule has 0 saturated carbocycles. The van der Waals surface area contributed by atoms with E-state index in [4.69, 9.17) is 9.47 Å². The molecule has 0 unspecified atom stereocenters. The summed E-state index contributed by atoms with van der Waals surface area (Å²) in [5.41, 5.74) is 0.160. The summed E-state index contributed by atoms with van der Waals surface area (Å²) < 4.78 is 10.1. The fourth-order valence-corrected chi connectivity index (χ4v) is 3.04. The van der Waals surface area contributed by atoms with Crippen LogP contribution >= 0.6 is 0 Å². The zero-order valence-electron chi connectivity index (χ0n) is 19.9. The van der Waals surface area contributed by atoms with E-state index in [0.717, 1.165) is 5.56 Å². The van der Waals surface area contributed by atoms with Crippen molar-refractivity contribution in [2.75, 3.05) is 13.2 Å². The lowest BCUT2D eigenvalue weighted by molar-refractivity contribution is -0.144. The van der Waals surface area contributed by atoms with Crippen molar-refractivity contribution in [2.45, 2.75) is 66.0 Å². The Morgan fingerprint density at radius 3 is 2.19 bits per heavy atom. The van der Waals surface area contributed by atoms with E-state index in [1.165, 1.54) is 0 Å². The number of benzene rings is 1. The number of alkyl carbamates (subject to hydrolysis) is 1. The normalized spacial score (nSPS) is 13.1. The van der Waals surface area contributed by atoms with Gasteiger partial charge in [0.1, 0.15) is 12.1 Å². The number of hydrogen-bond donors (Lipinski definition) is 2. The van der Waals surface area contributed by atoms with Crippen LogP contribution in [0.4, 0.5) is 4.79 Å². The second-order valence-electron chi connectivity index (χ2n) is 8.93. The average molecular weight is 449 g/mol. The smallest absolute Gasteiger partial charge is 0.408 e. The monoisotopic (exact) mass is 448 g/mol. The Balaban J connectivity index is 2.93. The molecule has 2 N–H and O–H groups in total. The maximum Gasteiger partial charge on any atom is 0.408 e. The van der Waals surface area contributed by atoms with Crippen LogP contribution < -0.4 is 10.6 Å². The molecular weight excluding hydrogens is 412 g/mol. The van der Waals surface area contributed by atoms with Crippen molar-refractivity contribution in [3.63, 3.8) is 0 Å². The molecule has 0 radical (unpaired) electrons. The molecule has 0 heterocycles. The molecule has 178 valence electrons. The topological polar surface area (TPSA) is 111 Å². The molecule has 8 heteroatoms. The molecule has 0 bridgehead atoms. The van der Waals surface area contributed by atoms with Gasteiger partial charge in [-0.05, 0) is 45.6 Å². The van der Waals surface area contributed by atoms with Gasteiger partial charge in [-0.15, -0.1) is 0 Å². The van der Waals surface area contributed by atoms with Crippen LogP contribution in [-0.4, -0.2) is 48.5 Å². The third kappa shape index (κ3) is 10.4. The molecule has 0 aliphatic heterocycles. The molecule has 1 aromatic carbocycles. The van der Waals surface area contributed by atoms with Gasteiger partial charge >= 0.3 is 12.1 Å². The lowest BCUT2D eigenvalue weighted by Crippen LogP contribution is -2.46. The molecule has 0 spiro atoms. The number of ether oxygens (including phenoxy) is 2. The number of rotatable bonds is 11. The Labute approximate surface area is 190 Å². The molecule has 1 rings (SSSR count). The van der Waals surface area contributed by atoms with Crippen molar-refractivity contribution in [1.29, 1.82) is 0 Å². The van der Waals surface area contributed by atoms with Gasteiger partial charge in [0.05, 0.1) is 12.6 Å². The summed E-state index contributed by atoms with van der Waals surface area (Å²) in [6, 6.07) is 8.44. The number of ketones is 1. The zero-order chi connectivity index (χ0) is 24.3. The minimum Gasteiger partial charge on any atom is -0.465 e. The van der Waals surface area contributed by atoms with E-state index in [0.29, 0.717) is 0 Å². The second kappa shape index (κ2) is 12.8. The van der Waals surface area contributed by atoms with Crippen LogP contribution in [-0.2, 0) is 30.3 Å². The van der Waals surface area contributed by atoms with Crippen LogP contribution in [0.25, 0.3) is 0 Å². The first-order chi connectivity index (χ1) is 14.9. The highest BCUT2D eigenvalue weighted by atomic mass is 16.6. The lowest BCUT2D eigenvalue weighted by atomic mass is 9.87. The number of carbonyl (C=O) groups is 4. The quantitative estimate of drug-likeness (QED) is 0.504. The average Bonchev–Trinajstić information content (AvgIpc) is 2.69. The van der Waals surface area contributed by atoms with Crippen LogP contribution in [0, 0.1) is 11.8 Å². The molecule has 0 aliphatic rings. The van der Waals surface area contributed by atoms with Crippen LogP contribution in [0.3, 0.4) is 0 Å². The summed E-state index contributed by atoms with van der Waals surface area (Å²) in [6.07, 6.45) is -0.506. The van der Waals surface area contributed by atoms with Gasteiger partial charge < -0.3 is 20.1 Å². The number of nitrogens with one attached hydrogen (secondary N) is 2. The zero-order valence-corrected chi connectivity index (χ0v) is 19.9.